The summed E-state index contributed by atoms with van der Waals surface area (Å²) in [5.74, 6) is 0.334. The average Bonchev–Trinajstić information content (AvgIpc) is 3.00. The number of ether oxygens (including phenoxy) is 1. The predicted octanol–water partition coefficient (Wildman–Crippen LogP) is 4.92. The molecule has 2 N–H and O–H groups in total. The van der Waals surface area contributed by atoms with Crippen LogP contribution in [0.2, 0.25) is 0 Å². The summed E-state index contributed by atoms with van der Waals surface area (Å²) in [6.07, 6.45) is -4.72. The van der Waals surface area contributed by atoms with E-state index in [1.165, 1.54) is 24.8 Å². The fraction of sp³-hybridized carbons (Fsp3) is 0.238. The minimum atomic E-state index is -4.72. The van der Waals surface area contributed by atoms with Crippen molar-refractivity contribution in [3.05, 3.63) is 71.5 Å². The van der Waals surface area contributed by atoms with E-state index >= 15 is 0 Å². The Morgan fingerprint density at radius 3 is 2.33 bits per heavy atom. The number of carbonyl (C=O) groups excluding carboxylic acids is 1. The summed E-state index contributed by atoms with van der Waals surface area (Å²) in [5, 5.41) is 8.70. The Kier molecular flexibility index (Phi) is 6.00. The van der Waals surface area contributed by atoms with Crippen molar-refractivity contribution in [2.75, 3.05) is 12.4 Å². The molecule has 0 aliphatic heterocycles. The van der Waals surface area contributed by atoms with Crippen LogP contribution in [0, 0.1) is 13.8 Å². The Hall–Kier alpha value is -3.49. The Labute approximate surface area is 171 Å². The standard InChI is InChI=1S/C21H21F3N4O2/c1-13-18(14(2)28(27-13)15-9-5-4-6-10-15)19(21(22,23)24)26-20(29)25-16-11-7-8-12-17(16)30-3/h4-12,19H,1-3H3,(H2,25,26,29)/t19-/m0/s1. The quantitative estimate of drug-likeness (QED) is 0.618. The lowest BCUT2D eigenvalue weighted by Crippen LogP contribution is -2.41. The van der Waals surface area contributed by atoms with E-state index in [1.54, 1.807) is 55.5 Å². The lowest BCUT2D eigenvalue weighted by molar-refractivity contribution is -0.155. The fourth-order valence-corrected chi connectivity index (χ4v) is 3.25. The minimum Gasteiger partial charge on any atom is -0.495 e. The number of alkyl halides is 3. The molecular weight excluding hydrogens is 397 g/mol. The molecule has 0 fully saturated rings. The van der Waals surface area contributed by atoms with Crippen molar-refractivity contribution in [2.45, 2.75) is 26.1 Å². The van der Waals surface area contributed by atoms with E-state index in [9.17, 15) is 18.0 Å². The molecule has 0 unspecified atom stereocenters. The third kappa shape index (κ3) is 4.40. The Bertz CT molecular complexity index is 1030. The van der Waals surface area contributed by atoms with E-state index in [2.05, 4.69) is 10.4 Å². The van der Waals surface area contributed by atoms with Crippen molar-refractivity contribution in [3.63, 3.8) is 0 Å². The maximum absolute atomic E-state index is 13.9. The number of hydrogen-bond acceptors (Lipinski definition) is 3. The highest BCUT2D eigenvalue weighted by Crippen LogP contribution is 2.36. The van der Waals surface area contributed by atoms with Crippen LogP contribution in [0.25, 0.3) is 5.69 Å². The molecule has 1 heterocycles. The zero-order chi connectivity index (χ0) is 21.9. The molecule has 0 spiro atoms. The number of benzene rings is 2. The molecule has 0 aliphatic carbocycles. The van der Waals surface area contributed by atoms with Crippen LogP contribution in [0.4, 0.5) is 23.7 Å². The number of amides is 2. The SMILES string of the molecule is COc1ccccc1NC(=O)N[C@@H](c1c(C)nn(-c2ccccc2)c1C)C(F)(F)F. The summed E-state index contributed by atoms with van der Waals surface area (Å²) in [7, 11) is 1.40. The van der Waals surface area contributed by atoms with Crippen molar-refractivity contribution >= 4 is 11.7 Å². The number of aryl methyl sites for hydroxylation is 1. The van der Waals surface area contributed by atoms with Gasteiger partial charge < -0.3 is 15.4 Å². The number of anilines is 1. The Morgan fingerprint density at radius 1 is 1.07 bits per heavy atom. The molecule has 3 rings (SSSR count). The third-order valence-electron chi connectivity index (χ3n) is 4.59. The number of rotatable bonds is 5. The summed E-state index contributed by atoms with van der Waals surface area (Å²) < 4.78 is 48.3. The number of nitrogens with zero attached hydrogens (tertiary/aromatic N) is 2. The molecule has 0 saturated heterocycles. The second kappa shape index (κ2) is 8.48. The van der Waals surface area contributed by atoms with Gasteiger partial charge in [0.25, 0.3) is 0 Å². The van der Waals surface area contributed by atoms with Crippen molar-refractivity contribution in [1.29, 1.82) is 0 Å². The second-order valence-electron chi connectivity index (χ2n) is 6.61. The average molecular weight is 418 g/mol. The molecule has 2 aromatic carbocycles. The molecular formula is C21H21F3N4O2. The molecule has 0 saturated carbocycles. The topological polar surface area (TPSA) is 68.2 Å². The van der Waals surface area contributed by atoms with Crippen LogP contribution in [-0.4, -0.2) is 29.1 Å². The number of para-hydroxylation sites is 3. The Balaban J connectivity index is 1.92. The van der Waals surface area contributed by atoms with Crippen LogP contribution in [-0.2, 0) is 0 Å². The maximum Gasteiger partial charge on any atom is 0.413 e. The fourth-order valence-electron chi connectivity index (χ4n) is 3.25. The lowest BCUT2D eigenvalue weighted by atomic mass is 10.0. The van der Waals surface area contributed by atoms with Gasteiger partial charge in [-0.25, -0.2) is 9.48 Å². The largest absolute Gasteiger partial charge is 0.495 e. The van der Waals surface area contributed by atoms with Gasteiger partial charge in [0, 0.05) is 11.3 Å². The molecule has 1 atom stereocenters. The second-order valence-corrected chi connectivity index (χ2v) is 6.61. The first-order chi connectivity index (χ1) is 14.2. The number of carbonyl (C=O) groups is 1. The van der Waals surface area contributed by atoms with Gasteiger partial charge in [0.15, 0.2) is 6.04 Å². The molecule has 158 valence electrons. The number of urea groups is 1. The smallest absolute Gasteiger partial charge is 0.413 e. The van der Waals surface area contributed by atoms with Crippen LogP contribution >= 0.6 is 0 Å². The number of methoxy groups -OCH3 is 1. The van der Waals surface area contributed by atoms with Crippen LogP contribution in [0.15, 0.2) is 54.6 Å². The van der Waals surface area contributed by atoms with Gasteiger partial charge in [0.05, 0.1) is 24.2 Å². The lowest BCUT2D eigenvalue weighted by Gasteiger charge is -2.23. The molecule has 1 aromatic heterocycles. The van der Waals surface area contributed by atoms with Crippen molar-refractivity contribution < 1.29 is 22.7 Å². The van der Waals surface area contributed by atoms with Crippen molar-refractivity contribution in [1.82, 2.24) is 15.1 Å². The van der Waals surface area contributed by atoms with Gasteiger partial charge in [-0.1, -0.05) is 30.3 Å². The summed E-state index contributed by atoms with van der Waals surface area (Å²) in [6.45, 7) is 3.03. The molecule has 0 radical (unpaired) electrons. The number of halogens is 3. The monoisotopic (exact) mass is 418 g/mol. The molecule has 0 bridgehead atoms. The number of hydrogen-bond donors (Lipinski definition) is 2. The van der Waals surface area contributed by atoms with Crippen LogP contribution in [0.5, 0.6) is 5.75 Å². The highest BCUT2D eigenvalue weighted by Gasteiger charge is 2.44. The van der Waals surface area contributed by atoms with E-state index in [0.29, 0.717) is 17.1 Å². The normalized spacial score (nSPS) is 12.3. The zero-order valence-corrected chi connectivity index (χ0v) is 16.6. The minimum absolute atomic E-state index is 0.0958. The van der Waals surface area contributed by atoms with Gasteiger partial charge in [-0.3, -0.25) is 0 Å². The van der Waals surface area contributed by atoms with Gasteiger partial charge in [0.1, 0.15) is 5.75 Å². The van der Waals surface area contributed by atoms with Gasteiger partial charge >= 0.3 is 12.2 Å². The number of aromatic nitrogens is 2. The highest BCUT2D eigenvalue weighted by molar-refractivity contribution is 5.91. The summed E-state index contributed by atoms with van der Waals surface area (Å²) in [4.78, 5) is 12.4. The van der Waals surface area contributed by atoms with E-state index < -0.39 is 18.2 Å². The Morgan fingerprint density at radius 2 is 1.70 bits per heavy atom. The van der Waals surface area contributed by atoms with E-state index in [0.717, 1.165) is 0 Å². The summed E-state index contributed by atoms with van der Waals surface area (Å²) >= 11 is 0. The van der Waals surface area contributed by atoms with Crippen molar-refractivity contribution in [3.8, 4) is 11.4 Å². The van der Waals surface area contributed by atoms with E-state index in [1.807, 2.05) is 5.32 Å². The van der Waals surface area contributed by atoms with Crippen molar-refractivity contribution in [2.24, 2.45) is 0 Å². The van der Waals surface area contributed by atoms with E-state index in [4.69, 9.17) is 4.74 Å². The highest BCUT2D eigenvalue weighted by atomic mass is 19.4. The van der Waals surface area contributed by atoms with Crippen LogP contribution in [0.3, 0.4) is 0 Å². The van der Waals surface area contributed by atoms with Crippen LogP contribution in [0.1, 0.15) is 23.0 Å². The third-order valence-corrected chi connectivity index (χ3v) is 4.59. The van der Waals surface area contributed by atoms with E-state index in [-0.39, 0.29) is 16.9 Å². The molecule has 3 aromatic rings. The first-order valence-electron chi connectivity index (χ1n) is 9.11. The first kappa shape index (κ1) is 21.2. The number of nitrogens with one attached hydrogen (secondary N) is 2. The maximum atomic E-state index is 13.9. The van der Waals surface area contributed by atoms with Gasteiger partial charge in [0.2, 0.25) is 0 Å². The van der Waals surface area contributed by atoms with Gasteiger partial charge in [-0.15, -0.1) is 0 Å². The van der Waals surface area contributed by atoms with Gasteiger partial charge in [-0.2, -0.15) is 18.3 Å². The molecule has 30 heavy (non-hydrogen) atoms. The summed E-state index contributed by atoms with van der Waals surface area (Å²) in [5.41, 5.74) is 1.26. The molecule has 2 amide bonds. The first-order valence-corrected chi connectivity index (χ1v) is 9.11. The summed E-state index contributed by atoms with van der Waals surface area (Å²) in [6, 6.07) is 12.0. The zero-order valence-electron chi connectivity index (χ0n) is 16.6. The predicted molar refractivity (Wildman–Crippen MR) is 107 cm³/mol. The van der Waals surface area contributed by atoms with Crippen LogP contribution < -0.4 is 15.4 Å². The molecule has 0 aliphatic rings. The molecule has 9 heteroatoms. The molecule has 6 nitrogen and oxygen atoms in total. The van der Waals surface area contributed by atoms with Gasteiger partial charge in [-0.05, 0) is 38.1 Å².